The second kappa shape index (κ2) is 6.59. The smallest absolute Gasteiger partial charge is 0.240 e. The Morgan fingerprint density at radius 2 is 2.00 bits per heavy atom. The van der Waals surface area contributed by atoms with Gasteiger partial charge in [-0.3, -0.25) is 19.7 Å². The van der Waals surface area contributed by atoms with Gasteiger partial charge >= 0.3 is 0 Å². The van der Waals surface area contributed by atoms with Gasteiger partial charge in [-0.2, -0.15) is 0 Å². The summed E-state index contributed by atoms with van der Waals surface area (Å²) in [6, 6.07) is 5.16. The predicted molar refractivity (Wildman–Crippen MR) is 88.1 cm³/mol. The Morgan fingerprint density at radius 3 is 2.67 bits per heavy atom. The van der Waals surface area contributed by atoms with Crippen LogP contribution in [0.3, 0.4) is 0 Å². The molecule has 7 heteroatoms. The van der Waals surface area contributed by atoms with Crippen molar-refractivity contribution < 1.29 is 14.4 Å². The van der Waals surface area contributed by atoms with Crippen LogP contribution in [0.15, 0.2) is 18.2 Å². The molecule has 2 atom stereocenters. The molecule has 1 aromatic heterocycles. The van der Waals surface area contributed by atoms with Crippen LogP contribution in [0.1, 0.15) is 44.2 Å². The number of imide groups is 1. The summed E-state index contributed by atoms with van der Waals surface area (Å²) in [7, 11) is 0. The van der Waals surface area contributed by atoms with Crippen molar-refractivity contribution in [3.8, 4) is 0 Å². The molecule has 0 bridgehead atoms. The first kappa shape index (κ1) is 16.4. The van der Waals surface area contributed by atoms with Crippen molar-refractivity contribution in [2.24, 2.45) is 11.7 Å². The number of piperidine rings is 2. The number of nitrogens with zero attached hydrogens (tertiary/aromatic N) is 2. The molecule has 24 heavy (non-hydrogen) atoms. The number of aromatic nitrogens is 1. The number of hydrogen-bond donors (Lipinski definition) is 2. The standard InChI is InChI=1S/C17H22N4O3/c1-10-5-6-21(13(7-10)17(18)24)14-4-2-3-12(19-14)11-8-15(22)20-16(23)9-11/h2-4,10-11,13H,5-9H2,1H3,(H2,18,24)(H,20,22,23). The predicted octanol–water partition coefficient (Wildman–Crippen LogP) is 0.692. The topological polar surface area (TPSA) is 105 Å². The fourth-order valence-electron chi connectivity index (χ4n) is 3.50. The molecule has 2 saturated heterocycles. The second-order valence-electron chi connectivity index (χ2n) is 6.74. The Bertz CT molecular complexity index is 660. The van der Waals surface area contributed by atoms with Gasteiger partial charge in [-0.05, 0) is 30.9 Å². The number of carbonyl (C=O) groups is 3. The van der Waals surface area contributed by atoms with Gasteiger partial charge in [-0.1, -0.05) is 13.0 Å². The average molecular weight is 330 g/mol. The lowest BCUT2D eigenvalue weighted by atomic mass is 9.91. The van der Waals surface area contributed by atoms with Gasteiger partial charge in [0.05, 0.1) is 0 Å². The maximum atomic E-state index is 11.8. The molecule has 7 nitrogen and oxygen atoms in total. The van der Waals surface area contributed by atoms with Crippen LogP contribution in [0, 0.1) is 5.92 Å². The average Bonchev–Trinajstić information content (AvgIpc) is 2.54. The van der Waals surface area contributed by atoms with E-state index >= 15 is 0 Å². The number of anilines is 1. The Kier molecular flexibility index (Phi) is 4.51. The summed E-state index contributed by atoms with van der Waals surface area (Å²) in [5.74, 6) is 0.0154. The number of nitrogens with one attached hydrogen (secondary N) is 1. The molecule has 0 spiro atoms. The molecule has 2 unspecified atom stereocenters. The fourth-order valence-corrected chi connectivity index (χ4v) is 3.50. The van der Waals surface area contributed by atoms with Gasteiger partial charge in [0.15, 0.2) is 0 Å². The third kappa shape index (κ3) is 3.39. The lowest BCUT2D eigenvalue weighted by Gasteiger charge is -2.37. The molecule has 3 N–H and O–H groups in total. The Balaban J connectivity index is 1.85. The van der Waals surface area contributed by atoms with Gasteiger partial charge in [0.25, 0.3) is 0 Å². The van der Waals surface area contributed by atoms with Crippen LogP contribution in [0.2, 0.25) is 0 Å². The summed E-state index contributed by atoms with van der Waals surface area (Å²) >= 11 is 0. The highest BCUT2D eigenvalue weighted by atomic mass is 16.2. The van der Waals surface area contributed by atoms with E-state index in [2.05, 4.69) is 17.2 Å². The first-order valence-corrected chi connectivity index (χ1v) is 8.29. The molecular weight excluding hydrogens is 308 g/mol. The van der Waals surface area contributed by atoms with Crippen molar-refractivity contribution in [2.75, 3.05) is 11.4 Å². The molecule has 0 aromatic carbocycles. The minimum atomic E-state index is -0.368. The highest BCUT2D eigenvalue weighted by Crippen LogP contribution is 2.30. The highest BCUT2D eigenvalue weighted by Gasteiger charge is 2.32. The maximum Gasteiger partial charge on any atom is 0.240 e. The summed E-state index contributed by atoms with van der Waals surface area (Å²) in [6.45, 7) is 2.83. The number of nitrogens with two attached hydrogens (primary N) is 1. The van der Waals surface area contributed by atoms with Crippen molar-refractivity contribution in [1.82, 2.24) is 10.3 Å². The summed E-state index contributed by atoms with van der Waals surface area (Å²) in [5.41, 5.74) is 6.27. The maximum absolute atomic E-state index is 11.8. The third-order valence-corrected chi connectivity index (χ3v) is 4.80. The largest absolute Gasteiger partial charge is 0.368 e. The van der Waals surface area contributed by atoms with E-state index in [4.69, 9.17) is 5.73 Å². The molecule has 3 rings (SSSR count). The molecule has 2 aliphatic heterocycles. The number of pyridine rings is 1. The monoisotopic (exact) mass is 330 g/mol. The van der Waals surface area contributed by atoms with Crippen molar-refractivity contribution in [3.05, 3.63) is 23.9 Å². The molecule has 3 heterocycles. The minimum absolute atomic E-state index is 0.220. The Labute approximate surface area is 140 Å². The van der Waals surface area contributed by atoms with Gasteiger partial charge in [0.1, 0.15) is 11.9 Å². The number of rotatable bonds is 3. The van der Waals surface area contributed by atoms with Crippen LogP contribution in [-0.4, -0.2) is 35.3 Å². The molecule has 3 amide bonds. The SMILES string of the molecule is CC1CCN(c2cccc(C3CC(=O)NC(=O)C3)n2)C(C(N)=O)C1. The van der Waals surface area contributed by atoms with Crippen molar-refractivity contribution in [2.45, 2.75) is 44.6 Å². The van der Waals surface area contributed by atoms with Crippen LogP contribution in [0.25, 0.3) is 0 Å². The van der Waals surface area contributed by atoms with E-state index in [1.165, 1.54) is 0 Å². The van der Waals surface area contributed by atoms with E-state index in [-0.39, 0.29) is 42.5 Å². The van der Waals surface area contributed by atoms with Crippen LogP contribution in [0.5, 0.6) is 0 Å². The second-order valence-corrected chi connectivity index (χ2v) is 6.74. The van der Waals surface area contributed by atoms with E-state index < -0.39 is 0 Å². The summed E-state index contributed by atoms with van der Waals surface area (Å²) in [6.07, 6.45) is 2.18. The lowest BCUT2D eigenvalue weighted by molar-refractivity contribution is -0.133. The Hall–Kier alpha value is -2.44. The van der Waals surface area contributed by atoms with Crippen LogP contribution < -0.4 is 16.0 Å². The third-order valence-electron chi connectivity index (χ3n) is 4.80. The number of amides is 3. The van der Waals surface area contributed by atoms with Gasteiger partial charge in [-0.15, -0.1) is 0 Å². The number of carbonyl (C=O) groups excluding carboxylic acids is 3. The van der Waals surface area contributed by atoms with Crippen molar-refractivity contribution in [1.29, 1.82) is 0 Å². The zero-order valence-corrected chi connectivity index (χ0v) is 13.7. The molecule has 128 valence electrons. The quantitative estimate of drug-likeness (QED) is 0.793. The molecule has 0 radical (unpaired) electrons. The van der Waals surface area contributed by atoms with E-state index in [9.17, 15) is 14.4 Å². The zero-order valence-electron chi connectivity index (χ0n) is 13.7. The van der Waals surface area contributed by atoms with E-state index in [0.29, 0.717) is 23.9 Å². The zero-order chi connectivity index (χ0) is 17.3. The van der Waals surface area contributed by atoms with Gasteiger partial charge in [-0.25, -0.2) is 4.98 Å². The van der Waals surface area contributed by atoms with Gasteiger partial charge in [0, 0.05) is 31.0 Å². The highest BCUT2D eigenvalue weighted by molar-refractivity contribution is 5.98. The van der Waals surface area contributed by atoms with E-state index in [1.54, 1.807) is 0 Å². The van der Waals surface area contributed by atoms with Gasteiger partial charge < -0.3 is 10.6 Å². The molecular formula is C17H22N4O3. The Morgan fingerprint density at radius 1 is 1.29 bits per heavy atom. The van der Waals surface area contributed by atoms with Gasteiger partial charge in [0.2, 0.25) is 17.7 Å². The van der Waals surface area contributed by atoms with Crippen LogP contribution >= 0.6 is 0 Å². The molecule has 0 aliphatic carbocycles. The first-order valence-electron chi connectivity index (χ1n) is 8.29. The molecule has 2 aliphatic rings. The summed E-state index contributed by atoms with van der Waals surface area (Å²) < 4.78 is 0. The minimum Gasteiger partial charge on any atom is -0.368 e. The summed E-state index contributed by atoms with van der Waals surface area (Å²) in [5, 5.41) is 2.31. The molecule has 1 aromatic rings. The van der Waals surface area contributed by atoms with Crippen LogP contribution in [-0.2, 0) is 14.4 Å². The number of hydrogen-bond acceptors (Lipinski definition) is 5. The number of primary amides is 1. The lowest BCUT2D eigenvalue weighted by Crippen LogP contribution is -2.50. The van der Waals surface area contributed by atoms with Crippen molar-refractivity contribution >= 4 is 23.5 Å². The van der Waals surface area contributed by atoms with Crippen LogP contribution in [0.4, 0.5) is 5.82 Å². The van der Waals surface area contributed by atoms with Crippen molar-refractivity contribution in [3.63, 3.8) is 0 Å². The molecule has 0 saturated carbocycles. The van der Waals surface area contributed by atoms with E-state index in [0.717, 1.165) is 13.0 Å². The molecule has 2 fully saturated rings. The summed E-state index contributed by atoms with van der Waals surface area (Å²) in [4.78, 5) is 41.6. The fraction of sp³-hybridized carbons (Fsp3) is 0.529. The first-order chi connectivity index (χ1) is 11.4. The van der Waals surface area contributed by atoms with E-state index in [1.807, 2.05) is 23.1 Å². The normalized spacial score (nSPS) is 25.5.